The first-order valence-electron chi connectivity index (χ1n) is 5.02. The fourth-order valence-electron chi connectivity index (χ4n) is 2.18. The van der Waals surface area contributed by atoms with Gasteiger partial charge in [-0.3, -0.25) is 4.79 Å². The molecule has 4 heteroatoms. The van der Waals surface area contributed by atoms with Gasteiger partial charge in [-0.05, 0) is 19.2 Å². The van der Waals surface area contributed by atoms with Crippen molar-refractivity contribution in [3.63, 3.8) is 0 Å². The second-order valence-corrected chi connectivity index (χ2v) is 3.97. The van der Waals surface area contributed by atoms with Crippen LogP contribution in [0.5, 0.6) is 0 Å². The summed E-state index contributed by atoms with van der Waals surface area (Å²) in [6.45, 7) is 1.57. The van der Waals surface area contributed by atoms with Crippen molar-refractivity contribution in [2.24, 2.45) is 5.92 Å². The molecule has 0 radical (unpaired) electrons. The predicted octanol–water partition coefficient (Wildman–Crippen LogP) is 1.10. The highest BCUT2D eigenvalue weighted by molar-refractivity contribution is 5.74. The predicted molar refractivity (Wildman–Crippen MR) is 54.5 cm³/mol. The molecule has 0 bridgehead atoms. The first-order chi connectivity index (χ1) is 7.22. The molecule has 1 fully saturated rings. The minimum Gasteiger partial charge on any atom is -0.469 e. The Morgan fingerprint density at radius 1 is 1.60 bits per heavy atom. The zero-order valence-corrected chi connectivity index (χ0v) is 8.97. The molecule has 1 aromatic heterocycles. The van der Waals surface area contributed by atoms with E-state index in [1.54, 1.807) is 6.26 Å². The molecule has 0 spiro atoms. The van der Waals surface area contributed by atoms with Crippen molar-refractivity contribution in [3.05, 3.63) is 24.2 Å². The molecule has 0 unspecified atom stereocenters. The van der Waals surface area contributed by atoms with Crippen molar-refractivity contribution in [1.29, 1.82) is 0 Å². The topological polar surface area (TPSA) is 42.7 Å². The van der Waals surface area contributed by atoms with Crippen LogP contribution in [0.2, 0.25) is 0 Å². The van der Waals surface area contributed by atoms with Gasteiger partial charge in [0, 0.05) is 19.0 Å². The van der Waals surface area contributed by atoms with E-state index >= 15 is 0 Å². The van der Waals surface area contributed by atoms with Gasteiger partial charge in [0.25, 0.3) is 0 Å². The lowest BCUT2D eigenvalue weighted by Gasteiger charge is -2.13. The van der Waals surface area contributed by atoms with Gasteiger partial charge in [-0.2, -0.15) is 0 Å². The molecular weight excluding hydrogens is 194 g/mol. The molecule has 0 amide bonds. The molecular formula is C11H15NO3. The summed E-state index contributed by atoms with van der Waals surface area (Å²) >= 11 is 0. The number of methoxy groups -OCH3 is 1. The molecule has 1 aliphatic heterocycles. The van der Waals surface area contributed by atoms with E-state index in [9.17, 15) is 4.79 Å². The van der Waals surface area contributed by atoms with Crippen molar-refractivity contribution >= 4 is 5.97 Å². The lowest BCUT2D eigenvalue weighted by atomic mass is 9.94. The second-order valence-electron chi connectivity index (χ2n) is 3.97. The Bertz CT molecular complexity index is 334. The molecule has 82 valence electrons. The molecule has 4 nitrogen and oxygen atoms in total. The summed E-state index contributed by atoms with van der Waals surface area (Å²) in [6, 6.07) is 3.77. The Labute approximate surface area is 88.8 Å². The molecule has 2 atom stereocenters. The highest BCUT2D eigenvalue weighted by Crippen LogP contribution is 2.32. The maximum absolute atomic E-state index is 11.6. The van der Waals surface area contributed by atoms with Gasteiger partial charge >= 0.3 is 5.97 Å². The van der Waals surface area contributed by atoms with Crippen LogP contribution < -0.4 is 0 Å². The Hall–Kier alpha value is -1.29. The Kier molecular flexibility index (Phi) is 2.77. The van der Waals surface area contributed by atoms with Crippen molar-refractivity contribution in [1.82, 2.24) is 4.90 Å². The van der Waals surface area contributed by atoms with Gasteiger partial charge in [0.1, 0.15) is 5.76 Å². The van der Waals surface area contributed by atoms with Gasteiger partial charge in [0.05, 0.1) is 19.3 Å². The first-order valence-corrected chi connectivity index (χ1v) is 5.02. The van der Waals surface area contributed by atoms with Crippen LogP contribution in [0.15, 0.2) is 22.8 Å². The molecule has 0 aromatic carbocycles. The molecule has 2 rings (SSSR count). The van der Waals surface area contributed by atoms with Crippen LogP contribution in [0.3, 0.4) is 0 Å². The van der Waals surface area contributed by atoms with E-state index < -0.39 is 0 Å². The van der Waals surface area contributed by atoms with Gasteiger partial charge in [-0.25, -0.2) is 0 Å². The van der Waals surface area contributed by atoms with Crippen LogP contribution in [-0.4, -0.2) is 38.1 Å². The minimum atomic E-state index is -0.152. The number of likely N-dealkylation sites (N-methyl/N-ethyl adjacent to an activating group) is 1. The average Bonchev–Trinajstić information content (AvgIpc) is 2.84. The van der Waals surface area contributed by atoms with Gasteiger partial charge in [0.15, 0.2) is 0 Å². The van der Waals surface area contributed by atoms with E-state index in [-0.39, 0.29) is 17.8 Å². The van der Waals surface area contributed by atoms with Gasteiger partial charge in [-0.15, -0.1) is 0 Å². The maximum Gasteiger partial charge on any atom is 0.310 e. The van der Waals surface area contributed by atoms with E-state index in [1.807, 2.05) is 19.2 Å². The van der Waals surface area contributed by atoms with Crippen LogP contribution in [0.1, 0.15) is 11.7 Å². The summed E-state index contributed by atoms with van der Waals surface area (Å²) in [5.41, 5.74) is 0. The smallest absolute Gasteiger partial charge is 0.310 e. The summed E-state index contributed by atoms with van der Waals surface area (Å²) < 4.78 is 10.2. The molecule has 1 aliphatic rings. The molecule has 2 heterocycles. The number of carbonyl (C=O) groups excluding carboxylic acids is 1. The number of ether oxygens (including phenoxy) is 1. The zero-order valence-electron chi connectivity index (χ0n) is 8.97. The van der Waals surface area contributed by atoms with Crippen molar-refractivity contribution in [3.8, 4) is 0 Å². The number of furan rings is 1. The molecule has 0 N–H and O–H groups in total. The van der Waals surface area contributed by atoms with Crippen LogP contribution in [0.4, 0.5) is 0 Å². The maximum atomic E-state index is 11.6. The Morgan fingerprint density at radius 3 is 3.00 bits per heavy atom. The fourth-order valence-corrected chi connectivity index (χ4v) is 2.18. The van der Waals surface area contributed by atoms with E-state index in [4.69, 9.17) is 9.15 Å². The Balaban J connectivity index is 2.19. The number of hydrogen-bond donors (Lipinski definition) is 0. The highest BCUT2D eigenvalue weighted by atomic mass is 16.5. The SMILES string of the molecule is COC(=O)[C@H]1CN(C)C[C@@H]1c1ccco1. The van der Waals surface area contributed by atoms with Crippen LogP contribution in [0, 0.1) is 5.92 Å². The summed E-state index contributed by atoms with van der Waals surface area (Å²) in [5.74, 6) is 0.735. The molecule has 0 saturated carbocycles. The van der Waals surface area contributed by atoms with Gasteiger partial charge in [-0.1, -0.05) is 0 Å². The summed E-state index contributed by atoms with van der Waals surface area (Å²) in [5, 5.41) is 0. The van der Waals surface area contributed by atoms with Gasteiger partial charge < -0.3 is 14.1 Å². The third-order valence-corrected chi connectivity index (χ3v) is 2.92. The monoisotopic (exact) mass is 209 g/mol. The lowest BCUT2D eigenvalue weighted by molar-refractivity contribution is -0.145. The number of nitrogens with zero attached hydrogens (tertiary/aromatic N) is 1. The number of likely N-dealkylation sites (tertiary alicyclic amines) is 1. The normalized spacial score (nSPS) is 26.8. The quantitative estimate of drug-likeness (QED) is 0.684. The average molecular weight is 209 g/mol. The Morgan fingerprint density at radius 2 is 2.40 bits per heavy atom. The summed E-state index contributed by atoms with van der Waals surface area (Å²) in [6.07, 6.45) is 1.64. The standard InChI is InChI=1S/C11H15NO3/c1-12-6-8(10-4-3-5-15-10)9(7-12)11(13)14-2/h3-5,8-9H,6-7H2,1-2H3/t8-,9-/m0/s1. The lowest BCUT2D eigenvalue weighted by Crippen LogP contribution is -2.23. The largest absolute Gasteiger partial charge is 0.469 e. The number of hydrogen-bond acceptors (Lipinski definition) is 4. The van der Waals surface area contributed by atoms with Crippen LogP contribution in [0.25, 0.3) is 0 Å². The molecule has 1 saturated heterocycles. The fraction of sp³-hybridized carbons (Fsp3) is 0.545. The number of rotatable bonds is 2. The second kappa shape index (κ2) is 4.06. The molecule has 0 aliphatic carbocycles. The number of carbonyl (C=O) groups is 1. The summed E-state index contributed by atoms with van der Waals surface area (Å²) in [7, 11) is 3.43. The van der Waals surface area contributed by atoms with E-state index in [0.717, 1.165) is 18.8 Å². The van der Waals surface area contributed by atoms with E-state index in [1.165, 1.54) is 7.11 Å². The van der Waals surface area contributed by atoms with Crippen LogP contribution >= 0.6 is 0 Å². The zero-order chi connectivity index (χ0) is 10.8. The first kappa shape index (κ1) is 10.2. The highest BCUT2D eigenvalue weighted by Gasteiger charge is 2.39. The third kappa shape index (κ3) is 1.90. The summed E-state index contributed by atoms with van der Waals surface area (Å²) in [4.78, 5) is 13.7. The molecule has 1 aromatic rings. The van der Waals surface area contributed by atoms with Crippen LogP contribution in [-0.2, 0) is 9.53 Å². The van der Waals surface area contributed by atoms with E-state index in [2.05, 4.69) is 4.90 Å². The van der Waals surface area contributed by atoms with Crippen molar-refractivity contribution < 1.29 is 13.9 Å². The van der Waals surface area contributed by atoms with Gasteiger partial charge in [0.2, 0.25) is 0 Å². The van der Waals surface area contributed by atoms with Crippen molar-refractivity contribution in [2.45, 2.75) is 5.92 Å². The minimum absolute atomic E-state index is 0.105. The number of esters is 1. The van der Waals surface area contributed by atoms with Crippen molar-refractivity contribution in [2.75, 3.05) is 27.2 Å². The molecule has 15 heavy (non-hydrogen) atoms. The third-order valence-electron chi connectivity index (χ3n) is 2.92. The van der Waals surface area contributed by atoms with E-state index in [0.29, 0.717) is 0 Å².